The summed E-state index contributed by atoms with van der Waals surface area (Å²) in [4.78, 5) is 0. The number of aliphatic hydroxyl groups excluding tert-OH is 1. The molecular weight excluding hydrogens is 172 g/mol. The molecule has 0 spiro atoms. The maximum absolute atomic E-state index is 9.25. The van der Waals surface area contributed by atoms with E-state index in [0.29, 0.717) is 0 Å². The van der Waals surface area contributed by atoms with Gasteiger partial charge in [-0.3, -0.25) is 0 Å². The number of aliphatic hydroxyl groups is 1. The smallest absolute Gasteiger partial charge is 0.0522 e. The second kappa shape index (κ2) is 3.97. The van der Waals surface area contributed by atoms with E-state index in [4.69, 9.17) is 0 Å². The fraction of sp³-hybridized carbons (Fsp3) is 0.385. The molecule has 0 saturated carbocycles. The van der Waals surface area contributed by atoms with E-state index in [1.165, 1.54) is 0 Å². The van der Waals surface area contributed by atoms with Crippen molar-refractivity contribution in [3.8, 4) is 0 Å². The maximum Gasteiger partial charge on any atom is 0.0522 e. The minimum absolute atomic E-state index is 0.159. The van der Waals surface area contributed by atoms with Crippen LogP contribution in [0.25, 0.3) is 5.57 Å². The molecule has 1 heteroatoms. The Morgan fingerprint density at radius 3 is 2.57 bits per heavy atom. The van der Waals surface area contributed by atoms with Gasteiger partial charge >= 0.3 is 0 Å². The molecule has 0 radical (unpaired) electrons. The molecular formula is C13H18O. The van der Waals surface area contributed by atoms with Crippen LogP contribution in [0, 0.1) is 0 Å². The summed E-state index contributed by atoms with van der Waals surface area (Å²) in [6.45, 7) is 10.1. The minimum atomic E-state index is -0.175. The summed E-state index contributed by atoms with van der Waals surface area (Å²) in [6, 6.07) is 8.19. The van der Waals surface area contributed by atoms with Gasteiger partial charge in [-0.05, 0) is 18.1 Å². The van der Waals surface area contributed by atoms with Gasteiger partial charge in [0.1, 0.15) is 0 Å². The van der Waals surface area contributed by atoms with Gasteiger partial charge in [-0.2, -0.15) is 0 Å². The molecule has 0 aromatic heterocycles. The first kappa shape index (κ1) is 11.0. The van der Waals surface area contributed by atoms with Gasteiger partial charge < -0.3 is 5.11 Å². The largest absolute Gasteiger partial charge is 0.395 e. The summed E-state index contributed by atoms with van der Waals surface area (Å²) in [5.74, 6) is 0. The number of hydrogen-bond donors (Lipinski definition) is 1. The maximum atomic E-state index is 9.25. The fourth-order valence-corrected chi connectivity index (χ4v) is 1.30. The van der Waals surface area contributed by atoms with Crippen LogP contribution in [0.15, 0.2) is 30.8 Å². The van der Waals surface area contributed by atoms with Gasteiger partial charge in [0.15, 0.2) is 0 Å². The van der Waals surface area contributed by atoms with Crippen LogP contribution in [0.4, 0.5) is 0 Å². The molecule has 0 aliphatic heterocycles. The molecule has 0 heterocycles. The van der Waals surface area contributed by atoms with Gasteiger partial charge in [-0.15, -0.1) is 0 Å². The van der Waals surface area contributed by atoms with E-state index in [1.807, 2.05) is 39.0 Å². The molecule has 0 fully saturated rings. The van der Waals surface area contributed by atoms with E-state index < -0.39 is 0 Å². The Morgan fingerprint density at radius 2 is 2.07 bits per heavy atom. The predicted molar refractivity (Wildman–Crippen MR) is 61.3 cm³/mol. The molecule has 0 aliphatic rings. The third kappa shape index (κ3) is 2.24. The Labute approximate surface area is 86.1 Å². The highest BCUT2D eigenvalue weighted by molar-refractivity contribution is 5.62. The zero-order valence-electron chi connectivity index (χ0n) is 9.17. The second-order valence-electron chi connectivity index (χ2n) is 4.40. The summed E-state index contributed by atoms with van der Waals surface area (Å²) in [6.07, 6.45) is 0. The molecule has 0 atom stereocenters. The van der Waals surface area contributed by atoms with Crippen LogP contribution in [-0.4, -0.2) is 11.7 Å². The molecule has 0 amide bonds. The van der Waals surface area contributed by atoms with Gasteiger partial charge in [-0.25, -0.2) is 0 Å². The molecule has 0 saturated heterocycles. The molecule has 1 N–H and O–H groups in total. The lowest BCUT2D eigenvalue weighted by Gasteiger charge is -2.22. The van der Waals surface area contributed by atoms with Gasteiger partial charge in [0.2, 0.25) is 0 Å². The lowest BCUT2D eigenvalue weighted by Crippen LogP contribution is -2.21. The first-order chi connectivity index (χ1) is 6.47. The average Bonchev–Trinajstić information content (AvgIpc) is 2.18. The fourth-order valence-electron chi connectivity index (χ4n) is 1.30. The van der Waals surface area contributed by atoms with Gasteiger partial charge in [0, 0.05) is 5.41 Å². The highest BCUT2D eigenvalue weighted by Gasteiger charge is 2.19. The quantitative estimate of drug-likeness (QED) is 0.777. The highest BCUT2D eigenvalue weighted by Crippen LogP contribution is 2.24. The molecule has 0 bridgehead atoms. The Balaban J connectivity index is 3.12. The van der Waals surface area contributed by atoms with Crippen LogP contribution in [0.5, 0.6) is 0 Å². The van der Waals surface area contributed by atoms with Crippen LogP contribution in [0.1, 0.15) is 31.9 Å². The van der Waals surface area contributed by atoms with Crippen molar-refractivity contribution in [2.45, 2.75) is 26.2 Å². The lowest BCUT2D eigenvalue weighted by atomic mass is 9.84. The molecule has 0 aliphatic carbocycles. The molecule has 1 rings (SSSR count). The number of allylic oxidation sites excluding steroid dienone is 1. The van der Waals surface area contributed by atoms with Gasteiger partial charge in [0.25, 0.3) is 0 Å². The van der Waals surface area contributed by atoms with E-state index in [1.54, 1.807) is 0 Å². The Kier molecular flexibility index (Phi) is 3.12. The molecule has 1 nitrogen and oxygen atoms in total. The summed E-state index contributed by atoms with van der Waals surface area (Å²) < 4.78 is 0. The Hall–Kier alpha value is -1.08. The van der Waals surface area contributed by atoms with E-state index in [-0.39, 0.29) is 12.0 Å². The first-order valence-electron chi connectivity index (χ1n) is 4.84. The van der Waals surface area contributed by atoms with Crippen molar-refractivity contribution in [1.82, 2.24) is 0 Å². The van der Waals surface area contributed by atoms with E-state index in [9.17, 15) is 5.11 Å². The zero-order chi connectivity index (χ0) is 10.8. The third-order valence-electron chi connectivity index (χ3n) is 2.53. The summed E-state index contributed by atoms with van der Waals surface area (Å²) in [7, 11) is 0. The van der Waals surface area contributed by atoms with Crippen molar-refractivity contribution in [2.24, 2.45) is 0 Å². The van der Waals surface area contributed by atoms with Crippen molar-refractivity contribution in [2.75, 3.05) is 6.61 Å². The monoisotopic (exact) mass is 190 g/mol. The van der Waals surface area contributed by atoms with Crippen molar-refractivity contribution in [3.05, 3.63) is 42.0 Å². The van der Waals surface area contributed by atoms with Crippen molar-refractivity contribution in [1.29, 1.82) is 0 Å². The van der Waals surface area contributed by atoms with E-state index in [0.717, 1.165) is 16.7 Å². The van der Waals surface area contributed by atoms with Crippen molar-refractivity contribution < 1.29 is 5.11 Å². The number of rotatable bonds is 3. The molecule has 1 aromatic rings. The highest BCUT2D eigenvalue weighted by atomic mass is 16.3. The summed E-state index contributed by atoms with van der Waals surface area (Å²) in [5.41, 5.74) is 3.18. The second-order valence-corrected chi connectivity index (χ2v) is 4.40. The summed E-state index contributed by atoms with van der Waals surface area (Å²) in [5, 5.41) is 9.25. The van der Waals surface area contributed by atoms with E-state index >= 15 is 0 Å². The molecule has 76 valence electrons. The third-order valence-corrected chi connectivity index (χ3v) is 2.53. The predicted octanol–water partition coefficient (Wildman–Crippen LogP) is 2.99. The molecule has 1 aromatic carbocycles. The zero-order valence-corrected chi connectivity index (χ0v) is 9.17. The van der Waals surface area contributed by atoms with Crippen LogP contribution >= 0.6 is 0 Å². The van der Waals surface area contributed by atoms with Crippen molar-refractivity contribution >= 4 is 5.57 Å². The average molecular weight is 190 g/mol. The Morgan fingerprint density at radius 1 is 1.43 bits per heavy atom. The SMILES string of the molecule is C=C(C)c1cccc(C(C)(C)CO)c1. The Bertz CT molecular complexity index is 337. The molecule has 0 unspecified atom stereocenters. The van der Waals surface area contributed by atoms with Crippen LogP contribution in [0.2, 0.25) is 0 Å². The first-order valence-corrected chi connectivity index (χ1v) is 4.84. The molecule has 14 heavy (non-hydrogen) atoms. The van der Waals surface area contributed by atoms with Crippen LogP contribution in [0.3, 0.4) is 0 Å². The number of benzene rings is 1. The lowest BCUT2D eigenvalue weighted by molar-refractivity contribution is 0.218. The number of hydrogen-bond acceptors (Lipinski definition) is 1. The normalized spacial score (nSPS) is 11.4. The van der Waals surface area contributed by atoms with Gasteiger partial charge in [-0.1, -0.05) is 50.3 Å². The summed E-state index contributed by atoms with van der Waals surface area (Å²) >= 11 is 0. The topological polar surface area (TPSA) is 20.2 Å². The minimum Gasteiger partial charge on any atom is -0.395 e. The van der Waals surface area contributed by atoms with Crippen LogP contribution < -0.4 is 0 Å². The van der Waals surface area contributed by atoms with Crippen molar-refractivity contribution in [3.63, 3.8) is 0 Å². The van der Waals surface area contributed by atoms with E-state index in [2.05, 4.69) is 12.6 Å². The van der Waals surface area contributed by atoms with Gasteiger partial charge in [0.05, 0.1) is 6.61 Å². The van der Waals surface area contributed by atoms with Crippen LogP contribution in [-0.2, 0) is 5.41 Å². The standard InChI is InChI=1S/C13H18O/c1-10(2)11-6-5-7-12(8-11)13(3,4)9-14/h5-8,14H,1,9H2,2-4H3.